The highest BCUT2D eigenvalue weighted by Gasteiger charge is 2.08. The second-order valence-corrected chi connectivity index (χ2v) is 5.22. The van der Waals surface area contributed by atoms with E-state index in [0.29, 0.717) is 18.7 Å². The van der Waals surface area contributed by atoms with Crippen LogP contribution in [-0.4, -0.2) is 30.6 Å². The van der Waals surface area contributed by atoms with Gasteiger partial charge in [0.25, 0.3) is 0 Å². The molecule has 120 valence electrons. The minimum atomic E-state index is -0.827. The molecule has 0 bridgehead atoms. The number of nitrogens with zero attached hydrogens (tertiary/aromatic N) is 1. The van der Waals surface area contributed by atoms with Crippen molar-refractivity contribution in [1.82, 2.24) is 0 Å². The Hall–Kier alpha value is -2.82. The van der Waals surface area contributed by atoms with Crippen LogP contribution >= 0.6 is 0 Å². The summed E-state index contributed by atoms with van der Waals surface area (Å²) in [6.45, 7) is 0.760. The van der Waals surface area contributed by atoms with Crippen molar-refractivity contribution < 1.29 is 14.6 Å². The number of hydrogen-bond donors (Lipinski definition) is 2. The molecule has 0 amide bonds. The van der Waals surface area contributed by atoms with E-state index in [0.717, 1.165) is 11.3 Å². The summed E-state index contributed by atoms with van der Waals surface area (Å²) < 4.78 is 5.52. The Balaban J connectivity index is 1.98. The van der Waals surface area contributed by atoms with Gasteiger partial charge in [0.05, 0.1) is 6.42 Å². The SMILES string of the molecule is CN(CCC(=O)O)c1cccc(C(=N)OCc2ccccc2)c1. The van der Waals surface area contributed by atoms with Gasteiger partial charge in [-0.3, -0.25) is 10.2 Å². The van der Waals surface area contributed by atoms with Gasteiger partial charge in [0.2, 0.25) is 5.90 Å². The van der Waals surface area contributed by atoms with Crippen molar-refractivity contribution in [2.75, 3.05) is 18.5 Å². The maximum absolute atomic E-state index is 10.6. The monoisotopic (exact) mass is 312 g/mol. The molecule has 2 N–H and O–H groups in total. The molecular weight excluding hydrogens is 292 g/mol. The van der Waals surface area contributed by atoms with Crippen LogP contribution in [0.5, 0.6) is 0 Å². The van der Waals surface area contributed by atoms with E-state index in [1.807, 2.05) is 66.5 Å². The highest BCUT2D eigenvalue weighted by atomic mass is 16.5. The van der Waals surface area contributed by atoms with E-state index in [1.165, 1.54) is 0 Å². The molecule has 5 nitrogen and oxygen atoms in total. The zero-order chi connectivity index (χ0) is 16.7. The van der Waals surface area contributed by atoms with Crippen molar-refractivity contribution >= 4 is 17.6 Å². The third-order valence-electron chi connectivity index (χ3n) is 3.44. The Bertz CT molecular complexity index is 671. The van der Waals surface area contributed by atoms with Crippen LogP contribution in [0.15, 0.2) is 54.6 Å². The van der Waals surface area contributed by atoms with Crippen LogP contribution in [0.4, 0.5) is 5.69 Å². The maximum atomic E-state index is 10.6. The molecule has 5 heteroatoms. The first kappa shape index (κ1) is 16.5. The summed E-state index contributed by atoms with van der Waals surface area (Å²) in [4.78, 5) is 12.5. The van der Waals surface area contributed by atoms with Gasteiger partial charge in [0.1, 0.15) is 6.61 Å². The number of anilines is 1. The number of ether oxygens (including phenoxy) is 1. The molecule has 0 aliphatic carbocycles. The Kier molecular flexibility index (Phi) is 5.74. The molecule has 0 aliphatic heterocycles. The number of rotatable bonds is 7. The van der Waals surface area contributed by atoms with Crippen molar-refractivity contribution in [2.45, 2.75) is 13.0 Å². The van der Waals surface area contributed by atoms with E-state index in [1.54, 1.807) is 0 Å². The van der Waals surface area contributed by atoms with Crippen molar-refractivity contribution in [1.29, 1.82) is 5.41 Å². The van der Waals surface area contributed by atoms with Crippen LogP contribution in [0.2, 0.25) is 0 Å². The average molecular weight is 312 g/mol. The average Bonchev–Trinajstić information content (AvgIpc) is 2.58. The van der Waals surface area contributed by atoms with Crippen molar-refractivity contribution in [2.24, 2.45) is 0 Å². The molecule has 0 saturated heterocycles. The first-order valence-electron chi connectivity index (χ1n) is 7.35. The van der Waals surface area contributed by atoms with Crippen LogP contribution in [-0.2, 0) is 16.1 Å². The smallest absolute Gasteiger partial charge is 0.305 e. The molecule has 0 atom stereocenters. The van der Waals surface area contributed by atoms with Gasteiger partial charge in [-0.1, -0.05) is 36.4 Å². The molecule has 0 saturated carbocycles. The van der Waals surface area contributed by atoms with E-state index in [4.69, 9.17) is 15.3 Å². The largest absolute Gasteiger partial charge is 0.481 e. The molecule has 2 aromatic carbocycles. The molecule has 0 spiro atoms. The van der Waals surface area contributed by atoms with Crippen molar-refractivity contribution in [3.63, 3.8) is 0 Å². The Labute approximate surface area is 135 Å². The number of hydrogen-bond acceptors (Lipinski definition) is 4. The predicted molar refractivity (Wildman–Crippen MR) is 90.0 cm³/mol. The first-order valence-corrected chi connectivity index (χ1v) is 7.35. The van der Waals surface area contributed by atoms with Gasteiger partial charge in [-0.2, -0.15) is 0 Å². The minimum absolute atomic E-state index is 0.0721. The zero-order valence-electron chi connectivity index (χ0n) is 13.0. The van der Waals surface area contributed by atoms with E-state index in [9.17, 15) is 4.79 Å². The van der Waals surface area contributed by atoms with Crippen LogP contribution < -0.4 is 4.90 Å². The van der Waals surface area contributed by atoms with Gasteiger partial charge in [-0.25, -0.2) is 0 Å². The second kappa shape index (κ2) is 7.98. The fraction of sp³-hybridized carbons (Fsp3) is 0.222. The number of nitrogens with one attached hydrogen (secondary N) is 1. The molecule has 0 heterocycles. The molecule has 0 aromatic heterocycles. The van der Waals surface area contributed by atoms with Gasteiger partial charge < -0.3 is 14.7 Å². The molecule has 0 unspecified atom stereocenters. The topological polar surface area (TPSA) is 73.6 Å². The number of carbonyl (C=O) groups is 1. The molecule has 23 heavy (non-hydrogen) atoms. The van der Waals surface area contributed by atoms with Crippen molar-refractivity contribution in [3.8, 4) is 0 Å². The summed E-state index contributed by atoms with van der Waals surface area (Å²) in [5.41, 5.74) is 2.53. The number of carboxylic acid groups (broad SMARTS) is 1. The Morgan fingerprint density at radius 3 is 2.61 bits per heavy atom. The first-order chi connectivity index (χ1) is 11.1. The lowest BCUT2D eigenvalue weighted by molar-refractivity contribution is -0.136. The van der Waals surface area contributed by atoms with E-state index < -0.39 is 5.97 Å². The lowest BCUT2D eigenvalue weighted by atomic mass is 10.2. The van der Waals surface area contributed by atoms with Gasteiger partial charge >= 0.3 is 5.97 Å². The zero-order valence-corrected chi connectivity index (χ0v) is 13.0. The van der Waals surface area contributed by atoms with E-state index in [-0.39, 0.29) is 12.3 Å². The van der Waals surface area contributed by atoms with Gasteiger partial charge in [-0.05, 0) is 23.8 Å². The summed E-state index contributed by atoms with van der Waals surface area (Å²) in [5, 5.41) is 16.8. The summed E-state index contributed by atoms with van der Waals surface area (Å²) in [5.74, 6) is -0.728. The summed E-state index contributed by atoms with van der Waals surface area (Å²) in [6.07, 6.45) is 0.0721. The fourth-order valence-electron chi connectivity index (χ4n) is 2.09. The minimum Gasteiger partial charge on any atom is -0.481 e. The van der Waals surface area contributed by atoms with Crippen LogP contribution in [0, 0.1) is 5.41 Å². The summed E-state index contributed by atoms with van der Waals surface area (Å²) in [7, 11) is 1.83. The van der Waals surface area contributed by atoms with Crippen LogP contribution in [0.1, 0.15) is 17.5 Å². The Morgan fingerprint density at radius 1 is 1.17 bits per heavy atom. The van der Waals surface area contributed by atoms with E-state index >= 15 is 0 Å². The maximum Gasteiger partial charge on any atom is 0.305 e. The van der Waals surface area contributed by atoms with Crippen LogP contribution in [0.25, 0.3) is 0 Å². The normalized spacial score (nSPS) is 10.1. The third-order valence-corrected chi connectivity index (χ3v) is 3.44. The standard InChI is InChI=1S/C18H20N2O3/c1-20(11-10-17(21)22)16-9-5-8-15(12-16)18(19)23-13-14-6-3-2-4-7-14/h2-9,12,19H,10-11,13H2,1H3,(H,21,22). The molecule has 0 aliphatic rings. The van der Waals surface area contributed by atoms with Gasteiger partial charge in [0, 0.05) is 24.8 Å². The third kappa shape index (κ3) is 5.14. The summed E-state index contributed by atoms with van der Waals surface area (Å²) in [6, 6.07) is 17.0. The summed E-state index contributed by atoms with van der Waals surface area (Å²) >= 11 is 0. The highest BCUT2D eigenvalue weighted by molar-refractivity contribution is 5.92. The van der Waals surface area contributed by atoms with Gasteiger partial charge in [0.15, 0.2) is 0 Å². The molecule has 2 rings (SSSR count). The number of benzene rings is 2. The van der Waals surface area contributed by atoms with Crippen LogP contribution in [0.3, 0.4) is 0 Å². The Morgan fingerprint density at radius 2 is 1.91 bits per heavy atom. The molecular formula is C18H20N2O3. The number of carboxylic acids is 1. The molecule has 2 aromatic rings. The number of aliphatic carboxylic acids is 1. The molecule has 0 radical (unpaired) electrons. The lowest BCUT2D eigenvalue weighted by Crippen LogP contribution is -2.21. The highest BCUT2D eigenvalue weighted by Crippen LogP contribution is 2.16. The quantitative estimate of drug-likeness (QED) is 0.608. The lowest BCUT2D eigenvalue weighted by Gasteiger charge is -2.19. The second-order valence-electron chi connectivity index (χ2n) is 5.22. The van der Waals surface area contributed by atoms with E-state index in [2.05, 4.69) is 0 Å². The predicted octanol–water partition coefficient (Wildman–Crippen LogP) is 3.14. The van der Waals surface area contributed by atoms with Gasteiger partial charge in [-0.15, -0.1) is 0 Å². The van der Waals surface area contributed by atoms with Crippen molar-refractivity contribution in [3.05, 3.63) is 65.7 Å². The molecule has 0 fully saturated rings. The fourth-order valence-corrected chi connectivity index (χ4v) is 2.09.